The SMILES string of the molecule is O=C(Oc1cn[nH]n1)C(F)(F)F.O=S(=O)(Oc1cn[nH]n1)C(F)(F)F. The van der Waals surface area contributed by atoms with E-state index in [1.54, 1.807) is 0 Å². The zero-order valence-corrected chi connectivity index (χ0v) is 12.0. The second-order valence-corrected chi connectivity index (χ2v) is 5.02. The molecule has 0 unspecified atom stereocenters. The van der Waals surface area contributed by atoms with Crippen LogP contribution in [0.3, 0.4) is 0 Å². The van der Waals surface area contributed by atoms with Gasteiger partial charge in [-0.2, -0.15) is 55.4 Å². The normalized spacial score (nSPS) is 12.1. The van der Waals surface area contributed by atoms with E-state index >= 15 is 0 Å². The molecule has 0 saturated carbocycles. The largest absolute Gasteiger partial charge is 0.534 e. The average Bonchev–Trinajstić information content (AvgIpc) is 3.10. The standard InChI is InChI=1S/C4H2F3N3O2.C3H2F3N3O3S/c5-4(6,7)3(11)12-2-1-8-10-9-2;4-3(5,6)13(10,11)12-2-1-7-9-8-2/h1H,(H,8,9,10);1H,(H,7,8,9). The van der Waals surface area contributed by atoms with Crippen LogP contribution in [0.25, 0.3) is 0 Å². The summed E-state index contributed by atoms with van der Waals surface area (Å²) in [6.45, 7) is 0. The Morgan fingerprint density at radius 1 is 0.960 bits per heavy atom. The molecule has 0 amide bonds. The van der Waals surface area contributed by atoms with Crippen molar-refractivity contribution in [2.45, 2.75) is 11.7 Å². The zero-order chi connectivity index (χ0) is 19.3. The first kappa shape index (κ1) is 20.1. The summed E-state index contributed by atoms with van der Waals surface area (Å²) >= 11 is 0. The molecule has 0 saturated heterocycles. The maximum Gasteiger partial charge on any atom is 0.534 e. The van der Waals surface area contributed by atoms with Crippen molar-refractivity contribution >= 4 is 16.1 Å². The number of aromatic nitrogens is 6. The number of esters is 1. The van der Waals surface area contributed by atoms with Gasteiger partial charge in [0.2, 0.25) is 0 Å². The van der Waals surface area contributed by atoms with E-state index in [1.165, 1.54) is 0 Å². The average molecular weight is 398 g/mol. The molecule has 25 heavy (non-hydrogen) atoms. The number of ether oxygens (including phenoxy) is 1. The van der Waals surface area contributed by atoms with Crippen LogP contribution >= 0.6 is 0 Å². The first-order valence-electron chi connectivity index (χ1n) is 5.34. The molecule has 0 aliphatic carbocycles. The molecule has 0 aliphatic rings. The number of halogens is 6. The molecular weight excluding hydrogens is 394 g/mol. The number of carbonyl (C=O) groups is 1. The minimum atomic E-state index is -5.64. The molecule has 18 heteroatoms. The molecular formula is C7H4F6N6O5S. The van der Waals surface area contributed by atoms with E-state index in [9.17, 15) is 39.6 Å². The minimum absolute atomic E-state index is 0.516. The summed E-state index contributed by atoms with van der Waals surface area (Å²) in [5.41, 5.74) is -5.47. The highest BCUT2D eigenvalue weighted by molar-refractivity contribution is 7.87. The second kappa shape index (κ2) is 7.32. The van der Waals surface area contributed by atoms with Gasteiger partial charge in [-0.1, -0.05) is 0 Å². The molecule has 2 aromatic rings. The van der Waals surface area contributed by atoms with Crippen LogP contribution in [0.15, 0.2) is 12.4 Å². The fraction of sp³-hybridized carbons (Fsp3) is 0.286. The van der Waals surface area contributed by atoms with Crippen molar-refractivity contribution in [3.05, 3.63) is 12.4 Å². The predicted molar refractivity (Wildman–Crippen MR) is 60.1 cm³/mol. The summed E-state index contributed by atoms with van der Waals surface area (Å²) in [5, 5.41) is 16.1. The number of nitrogens with zero attached hydrogens (tertiary/aromatic N) is 4. The van der Waals surface area contributed by atoms with Gasteiger partial charge in [0.1, 0.15) is 12.4 Å². The van der Waals surface area contributed by atoms with Crippen LogP contribution in [0, 0.1) is 0 Å². The zero-order valence-electron chi connectivity index (χ0n) is 11.2. The van der Waals surface area contributed by atoms with Gasteiger partial charge in [0.05, 0.1) is 0 Å². The van der Waals surface area contributed by atoms with Crippen LogP contribution in [0.4, 0.5) is 26.3 Å². The van der Waals surface area contributed by atoms with Crippen molar-refractivity contribution in [1.29, 1.82) is 0 Å². The van der Waals surface area contributed by atoms with E-state index in [1.807, 2.05) is 10.4 Å². The Morgan fingerprint density at radius 3 is 1.80 bits per heavy atom. The van der Waals surface area contributed by atoms with E-state index in [2.05, 4.69) is 29.3 Å². The number of H-pyrrole nitrogens is 2. The molecule has 0 fully saturated rings. The summed E-state index contributed by atoms with van der Waals surface area (Å²) in [6, 6.07) is 0. The molecule has 2 N–H and O–H groups in total. The van der Waals surface area contributed by atoms with Gasteiger partial charge in [0.25, 0.3) is 11.8 Å². The number of aromatic amines is 2. The van der Waals surface area contributed by atoms with Crippen molar-refractivity contribution in [2.24, 2.45) is 0 Å². The topological polar surface area (TPSA) is 153 Å². The van der Waals surface area contributed by atoms with Gasteiger partial charge in [-0.3, -0.25) is 0 Å². The van der Waals surface area contributed by atoms with E-state index in [4.69, 9.17) is 0 Å². The van der Waals surface area contributed by atoms with Gasteiger partial charge in [-0.15, -0.1) is 10.2 Å². The molecule has 11 nitrogen and oxygen atoms in total. The smallest absolute Gasteiger partial charge is 0.397 e. The summed E-state index contributed by atoms with van der Waals surface area (Å²) < 4.78 is 97.4. The maximum atomic E-state index is 11.7. The van der Waals surface area contributed by atoms with E-state index in [0.29, 0.717) is 6.20 Å². The van der Waals surface area contributed by atoms with Crippen LogP contribution in [-0.4, -0.2) is 56.9 Å². The highest BCUT2D eigenvalue weighted by Gasteiger charge is 2.49. The Bertz CT molecular complexity index is 770. The van der Waals surface area contributed by atoms with Crippen molar-refractivity contribution in [3.8, 4) is 11.8 Å². The lowest BCUT2D eigenvalue weighted by Gasteiger charge is -2.05. The van der Waals surface area contributed by atoms with Gasteiger partial charge in [0.15, 0.2) is 0 Å². The number of alkyl halides is 6. The highest BCUT2D eigenvalue weighted by Crippen LogP contribution is 2.25. The Balaban J connectivity index is 0.000000251. The number of hydrogen-bond donors (Lipinski definition) is 2. The number of nitrogens with one attached hydrogen (secondary N) is 2. The van der Waals surface area contributed by atoms with Gasteiger partial charge in [0, 0.05) is 0 Å². The molecule has 0 aliphatic heterocycles. The van der Waals surface area contributed by atoms with E-state index in [-0.39, 0.29) is 0 Å². The summed E-state index contributed by atoms with van der Waals surface area (Å²) in [4.78, 5) is 10.1. The quantitative estimate of drug-likeness (QED) is 0.322. The second-order valence-electron chi connectivity index (χ2n) is 3.49. The highest BCUT2D eigenvalue weighted by atomic mass is 32.2. The van der Waals surface area contributed by atoms with Crippen LogP contribution in [0.2, 0.25) is 0 Å². The molecule has 2 heterocycles. The molecule has 0 atom stereocenters. The summed E-state index contributed by atoms with van der Waals surface area (Å²) in [5.74, 6) is -3.61. The van der Waals surface area contributed by atoms with Gasteiger partial charge in [-0.05, 0) is 0 Å². The van der Waals surface area contributed by atoms with E-state index in [0.717, 1.165) is 6.20 Å². The maximum absolute atomic E-state index is 11.7. The number of rotatable bonds is 3. The Labute approximate surface area is 132 Å². The van der Waals surface area contributed by atoms with Crippen molar-refractivity contribution in [1.82, 2.24) is 30.8 Å². The Kier molecular flexibility index (Phi) is 5.89. The minimum Gasteiger partial charge on any atom is -0.397 e. The van der Waals surface area contributed by atoms with Crippen LogP contribution in [-0.2, 0) is 14.9 Å². The molecule has 0 radical (unpaired) electrons. The Hall–Kier alpha value is -2.92. The van der Waals surface area contributed by atoms with Crippen molar-refractivity contribution in [2.75, 3.05) is 0 Å². The Morgan fingerprint density at radius 2 is 1.44 bits per heavy atom. The lowest BCUT2D eigenvalue weighted by atomic mass is 10.6. The monoisotopic (exact) mass is 398 g/mol. The lowest BCUT2D eigenvalue weighted by Crippen LogP contribution is -2.28. The summed E-state index contributed by atoms with van der Waals surface area (Å²) in [7, 11) is -5.64. The van der Waals surface area contributed by atoms with Gasteiger partial charge < -0.3 is 8.92 Å². The molecule has 0 bridgehead atoms. The summed E-state index contributed by atoms with van der Waals surface area (Å²) in [6.07, 6.45) is -3.47. The third kappa shape index (κ3) is 6.24. The van der Waals surface area contributed by atoms with E-state index < -0.39 is 39.5 Å². The van der Waals surface area contributed by atoms with Crippen molar-refractivity contribution < 1.29 is 48.5 Å². The molecule has 2 rings (SSSR count). The lowest BCUT2D eigenvalue weighted by molar-refractivity contribution is -0.190. The molecule has 2 aromatic heterocycles. The van der Waals surface area contributed by atoms with Crippen molar-refractivity contribution in [3.63, 3.8) is 0 Å². The van der Waals surface area contributed by atoms with Gasteiger partial charge >= 0.3 is 27.8 Å². The fourth-order valence-corrected chi connectivity index (χ4v) is 1.18. The van der Waals surface area contributed by atoms with Crippen LogP contribution < -0.4 is 8.92 Å². The molecule has 140 valence electrons. The van der Waals surface area contributed by atoms with Crippen LogP contribution in [0.1, 0.15) is 0 Å². The van der Waals surface area contributed by atoms with Gasteiger partial charge in [-0.25, -0.2) is 4.79 Å². The first-order valence-corrected chi connectivity index (χ1v) is 6.75. The molecule has 0 aromatic carbocycles. The van der Waals surface area contributed by atoms with Crippen LogP contribution in [0.5, 0.6) is 11.8 Å². The molecule has 0 spiro atoms. The number of hydrogen-bond acceptors (Lipinski definition) is 9. The first-order chi connectivity index (χ1) is 11.3. The number of carbonyl (C=O) groups excluding carboxylic acids is 1. The fourth-order valence-electron chi connectivity index (χ4n) is 0.784. The third-order valence-corrected chi connectivity index (χ3v) is 2.65. The predicted octanol–water partition coefficient (Wildman–Crippen LogP) is 0.305. The third-order valence-electron chi connectivity index (χ3n) is 1.69.